The highest BCUT2D eigenvalue weighted by atomic mass is 127. The highest BCUT2D eigenvalue weighted by Crippen LogP contribution is 2.20. The molecule has 136 valence electrons. The van der Waals surface area contributed by atoms with Crippen molar-refractivity contribution in [1.29, 1.82) is 0 Å². The van der Waals surface area contributed by atoms with Crippen molar-refractivity contribution in [2.24, 2.45) is 4.99 Å². The van der Waals surface area contributed by atoms with Crippen LogP contribution >= 0.6 is 35.7 Å². The lowest BCUT2D eigenvalue weighted by Gasteiger charge is -2.26. The molecule has 1 fully saturated rings. The molecule has 0 saturated carbocycles. The summed E-state index contributed by atoms with van der Waals surface area (Å²) in [6.45, 7) is 5.15. The molecule has 1 aromatic rings. The first-order valence-electron chi connectivity index (χ1n) is 8.34. The number of likely N-dealkylation sites (tertiary alicyclic amines) is 1. The summed E-state index contributed by atoms with van der Waals surface area (Å²) >= 11 is 1.52. The van der Waals surface area contributed by atoms with Gasteiger partial charge in [-0.25, -0.2) is 4.39 Å². The molecule has 0 radical (unpaired) electrons. The Morgan fingerprint density at radius 3 is 2.58 bits per heavy atom. The smallest absolute Gasteiger partial charge is 0.191 e. The second-order valence-electron chi connectivity index (χ2n) is 5.61. The van der Waals surface area contributed by atoms with E-state index in [0.29, 0.717) is 4.90 Å². The van der Waals surface area contributed by atoms with Crippen LogP contribution in [0.4, 0.5) is 4.39 Å². The zero-order valence-electron chi connectivity index (χ0n) is 14.3. The second-order valence-corrected chi connectivity index (χ2v) is 6.74. The lowest BCUT2D eigenvalue weighted by molar-refractivity contribution is 0.232. The highest BCUT2D eigenvalue weighted by molar-refractivity contribution is 14.0. The average molecular weight is 466 g/mol. The zero-order chi connectivity index (χ0) is 16.3. The van der Waals surface area contributed by atoms with Gasteiger partial charge in [0, 0.05) is 37.3 Å². The lowest BCUT2D eigenvalue weighted by atomic mass is 10.1. The molecule has 1 aliphatic heterocycles. The number of hydrogen-bond donors (Lipinski definition) is 2. The van der Waals surface area contributed by atoms with Gasteiger partial charge in [0.1, 0.15) is 5.82 Å². The first-order valence-corrected chi connectivity index (χ1v) is 9.32. The molecular formula is C17H28FIN4S. The monoisotopic (exact) mass is 466 g/mol. The van der Waals surface area contributed by atoms with Crippen LogP contribution in [0.5, 0.6) is 0 Å². The number of piperidine rings is 1. The third-order valence-electron chi connectivity index (χ3n) is 3.88. The molecule has 1 aliphatic rings. The van der Waals surface area contributed by atoms with E-state index < -0.39 is 0 Å². The fourth-order valence-electron chi connectivity index (χ4n) is 2.63. The number of guanidine groups is 1. The van der Waals surface area contributed by atoms with E-state index in [1.54, 1.807) is 13.1 Å². The molecule has 0 spiro atoms. The van der Waals surface area contributed by atoms with Crippen molar-refractivity contribution in [3.8, 4) is 0 Å². The molecule has 7 heteroatoms. The largest absolute Gasteiger partial charge is 0.356 e. The summed E-state index contributed by atoms with van der Waals surface area (Å²) < 4.78 is 13.5. The molecule has 0 bridgehead atoms. The fourth-order valence-corrected chi connectivity index (χ4v) is 3.43. The minimum absolute atomic E-state index is 0. The Morgan fingerprint density at radius 1 is 1.17 bits per heavy atom. The molecular weight excluding hydrogens is 438 g/mol. The van der Waals surface area contributed by atoms with Gasteiger partial charge >= 0.3 is 0 Å². The van der Waals surface area contributed by atoms with Gasteiger partial charge in [-0.1, -0.05) is 18.6 Å². The summed E-state index contributed by atoms with van der Waals surface area (Å²) in [7, 11) is 1.78. The molecule has 2 rings (SSSR count). The fraction of sp³-hybridized carbons (Fsp3) is 0.588. The summed E-state index contributed by atoms with van der Waals surface area (Å²) in [6, 6.07) is 6.88. The minimum atomic E-state index is -0.151. The standard InChI is InChI=1S/C17H27FN4S.HI/c1-19-17(20-9-13-22-11-5-2-6-12-22)21-10-14-23-16-8-4-3-7-15(16)18;/h3-4,7-8H,2,5-6,9-14H2,1H3,(H2,19,20,21);1H. The Labute approximate surface area is 166 Å². The molecule has 0 atom stereocenters. The number of halogens is 2. The van der Waals surface area contributed by atoms with Crippen molar-refractivity contribution in [2.75, 3.05) is 45.5 Å². The van der Waals surface area contributed by atoms with E-state index in [0.717, 1.165) is 31.3 Å². The van der Waals surface area contributed by atoms with Gasteiger partial charge in [0.25, 0.3) is 0 Å². The van der Waals surface area contributed by atoms with Gasteiger partial charge in [-0.3, -0.25) is 4.99 Å². The number of nitrogens with zero attached hydrogens (tertiary/aromatic N) is 2. The van der Waals surface area contributed by atoms with Crippen LogP contribution in [0, 0.1) is 5.82 Å². The number of thioether (sulfide) groups is 1. The zero-order valence-corrected chi connectivity index (χ0v) is 17.4. The number of nitrogens with one attached hydrogen (secondary N) is 2. The van der Waals surface area contributed by atoms with Gasteiger partial charge in [-0.05, 0) is 38.1 Å². The predicted molar refractivity (Wildman–Crippen MR) is 112 cm³/mol. The summed E-state index contributed by atoms with van der Waals surface area (Å²) in [5.74, 6) is 1.46. The van der Waals surface area contributed by atoms with Crippen molar-refractivity contribution in [1.82, 2.24) is 15.5 Å². The van der Waals surface area contributed by atoms with E-state index in [1.807, 2.05) is 12.1 Å². The first-order chi connectivity index (χ1) is 11.3. The molecule has 0 amide bonds. The second kappa shape index (κ2) is 12.8. The molecule has 4 nitrogen and oxygen atoms in total. The van der Waals surface area contributed by atoms with Crippen LogP contribution in [0.15, 0.2) is 34.2 Å². The quantitative estimate of drug-likeness (QED) is 0.213. The predicted octanol–water partition coefficient (Wildman–Crippen LogP) is 3.19. The SMILES string of the molecule is CN=C(NCCSc1ccccc1F)NCCN1CCCCC1.I. The van der Waals surface area contributed by atoms with Gasteiger partial charge in [-0.2, -0.15) is 0 Å². The highest BCUT2D eigenvalue weighted by Gasteiger charge is 2.09. The molecule has 1 aromatic carbocycles. The number of hydrogen-bond acceptors (Lipinski definition) is 3. The van der Waals surface area contributed by atoms with Crippen LogP contribution in [-0.2, 0) is 0 Å². The molecule has 0 aliphatic carbocycles. The third kappa shape index (κ3) is 8.02. The maximum atomic E-state index is 13.5. The first kappa shape index (κ1) is 21.5. The Kier molecular flexibility index (Phi) is 11.4. The van der Waals surface area contributed by atoms with E-state index in [1.165, 1.54) is 50.2 Å². The van der Waals surface area contributed by atoms with Crippen LogP contribution < -0.4 is 10.6 Å². The van der Waals surface area contributed by atoms with E-state index in [9.17, 15) is 4.39 Å². The molecule has 24 heavy (non-hydrogen) atoms. The van der Waals surface area contributed by atoms with Crippen molar-refractivity contribution in [3.63, 3.8) is 0 Å². The molecule has 1 saturated heterocycles. The topological polar surface area (TPSA) is 39.7 Å². The molecule has 1 heterocycles. The normalized spacial score (nSPS) is 15.7. The average Bonchev–Trinajstić information content (AvgIpc) is 2.59. The number of benzene rings is 1. The Morgan fingerprint density at radius 2 is 1.88 bits per heavy atom. The van der Waals surface area contributed by atoms with Crippen molar-refractivity contribution < 1.29 is 4.39 Å². The van der Waals surface area contributed by atoms with Crippen LogP contribution in [0.3, 0.4) is 0 Å². The molecule has 2 N–H and O–H groups in total. The van der Waals surface area contributed by atoms with E-state index in [2.05, 4.69) is 20.5 Å². The summed E-state index contributed by atoms with van der Waals surface area (Å²) in [5, 5.41) is 6.61. The molecule has 0 unspecified atom stereocenters. The van der Waals surface area contributed by atoms with Crippen LogP contribution in [0.25, 0.3) is 0 Å². The summed E-state index contributed by atoms with van der Waals surface area (Å²) in [4.78, 5) is 7.42. The van der Waals surface area contributed by atoms with Gasteiger partial charge in [-0.15, -0.1) is 35.7 Å². The van der Waals surface area contributed by atoms with Crippen LogP contribution in [0.2, 0.25) is 0 Å². The van der Waals surface area contributed by atoms with Gasteiger partial charge in [0.05, 0.1) is 0 Å². The Hall–Kier alpha value is -0.540. The summed E-state index contributed by atoms with van der Waals surface area (Å²) in [5.41, 5.74) is 0. The maximum absolute atomic E-state index is 13.5. The van der Waals surface area contributed by atoms with Gasteiger partial charge in [0.15, 0.2) is 5.96 Å². The number of rotatable bonds is 7. The van der Waals surface area contributed by atoms with E-state index in [4.69, 9.17) is 0 Å². The Bertz CT molecular complexity index is 495. The maximum Gasteiger partial charge on any atom is 0.191 e. The van der Waals surface area contributed by atoms with Crippen LogP contribution in [0.1, 0.15) is 19.3 Å². The minimum Gasteiger partial charge on any atom is -0.356 e. The Balaban J connectivity index is 0.00000288. The summed E-state index contributed by atoms with van der Waals surface area (Å²) in [6.07, 6.45) is 4.01. The van der Waals surface area contributed by atoms with Crippen molar-refractivity contribution >= 4 is 41.7 Å². The molecule has 0 aromatic heterocycles. The van der Waals surface area contributed by atoms with E-state index >= 15 is 0 Å². The number of aliphatic imine (C=N–C) groups is 1. The lowest BCUT2D eigenvalue weighted by Crippen LogP contribution is -2.43. The third-order valence-corrected chi connectivity index (χ3v) is 4.93. The van der Waals surface area contributed by atoms with Crippen molar-refractivity contribution in [3.05, 3.63) is 30.1 Å². The van der Waals surface area contributed by atoms with Gasteiger partial charge < -0.3 is 15.5 Å². The van der Waals surface area contributed by atoms with Gasteiger partial charge in [0.2, 0.25) is 0 Å². The van der Waals surface area contributed by atoms with E-state index in [-0.39, 0.29) is 29.8 Å². The van der Waals surface area contributed by atoms with Crippen molar-refractivity contribution in [2.45, 2.75) is 24.2 Å². The van der Waals surface area contributed by atoms with Crippen LogP contribution in [-0.4, -0.2) is 56.4 Å².